The van der Waals surface area contributed by atoms with Crippen molar-refractivity contribution < 1.29 is 13.9 Å². The van der Waals surface area contributed by atoms with Gasteiger partial charge in [0.25, 0.3) is 5.91 Å². The fourth-order valence-electron chi connectivity index (χ4n) is 2.03. The van der Waals surface area contributed by atoms with E-state index in [0.717, 1.165) is 13.1 Å². The van der Waals surface area contributed by atoms with Gasteiger partial charge in [-0.05, 0) is 25.1 Å². The van der Waals surface area contributed by atoms with Gasteiger partial charge in [0.1, 0.15) is 0 Å². The second kappa shape index (κ2) is 7.81. The van der Waals surface area contributed by atoms with E-state index in [9.17, 15) is 9.18 Å². The lowest BCUT2D eigenvalue weighted by Gasteiger charge is -2.33. The molecule has 112 valence electrons. The van der Waals surface area contributed by atoms with E-state index in [2.05, 4.69) is 21.2 Å². The van der Waals surface area contributed by atoms with Crippen molar-refractivity contribution in [2.45, 2.75) is 13.0 Å². The smallest absolute Gasteiger partial charge is 0.260 e. The molecule has 1 aliphatic heterocycles. The van der Waals surface area contributed by atoms with Crippen molar-refractivity contribution in [1.29, 1.82) is 0 Å². The number of halogens is 3. The summed E-state index contributed by atoms with van der Waals surface area (Å²) in [5.41, 5.74) is 0. The largest absolute Gasteiger partial charge is 0.481 e. The zero-order valence-electron chi connectivity index (χ0n) is 11.1. The molecule has 0 aromatic heterocycles. The van der Waals surface area contributed by atoms with E-state index in [1.807, 2.05) is 6.92 Å². The summed E-state index contributed by atoms with van der Waals surface area (Å²) in [6, 6.07) is 4.64. The van der Waals surface area contributed by atoms with E-state index in [0.29, 0.717) is 11.0 Å². The number of rotatable bonds is 3. The van der Waals surface area contributed by atoms with E-state index in [4.69, 9.17) is 4.74 Å². The first-order valence-electron chi connectivity index (χ1n) is 6.16. The molecule has 0 saturated carbocycles. The monoisotopic (exact) mass is 366 g/mol. The highest BCUT2D eigenvalue weighted by Gasteiger charge is 2.23. The van der Waals surface area contributed by atoms with Crippen LogP contribution in [0.1, 0.15) is 6.92 Å². The Balaban J connectivity index is 0.00000200. The Bertz CT molecular complexity index is 476. The summed E-state index contributed by atoms with van der Waals surface area (Å²) >= 11 is 3.17. The van der Waals surface area contributed by atoms with Gasteiger partial charge in [-0.15, -0.1) is 12.4 Å². The molecule has 0 unspecified atom stereocenters. The van der Waals surface area contributed by atoms with Crippen molar-refractivity contribution in [2.24, 2.45) is 0 Å². The number of piperazine rings is 1. The normalized spacial score (nSPS) is 18.4. The lowest BCUT2D eigenvalue weighted by Crippen LogP contribution is -2.53. The van der Waals surface area contributed by atoms with Crippen LogP contribution in [0, 0.1) is 5.82 Å². The zero-order chi connectivity index (χ0) is 13.8. The molecule has 4 nitrogen and oxygen atoms in total. The summed E-state index contributed by atoms with van der Waals surface area (Å²) in [6.07, 6.45) is 0. The minimum absolute atomic E-state index is 0. The van der Waals surface area contributed by atoms with Crippen LogP contribution in [-0.2, 0) is 4.79 Å². The van der Waals surface area contributed by atoms with Gasteiger partial charge in [-0.2, -0.15) is 0 Å². The summed E-state index contributed by atoms with van der Waals surface area (Å²) in [5, 5.41) is 3.21. The van der Waals surface area contributed by atoms with Gasteiger partial charge in [-0.25, -0.2) is 4.39 Å². The summed E-state index contributed by atoms with van der Waals surface area (Å²) in [7, 11) is 0. The molecular formula is C13H17BrClFN2O2. The first-order chi connectivity index (χ1) is 9.08. The van der Waals surface area contributed by atoms with Crippen LogP contribution in [0.5, 0.6) is 5.75 Å². The molecule has 1 fully saturated rings. The molecule has 0 spiro atoms. The molecule has 1 heterocycles. The Morgan fingerprint density at radius 2 is 2.35 bits per heavy atom. The van der Waals surface area contributed by atoms with Crippen LogP contribution in [0.25, 0.3) is 0 Å². The molecule has 2 rings (SSSR count). The van der Waals surface area contributed by atoms with Gasteiger partial charge in [-0.1, -0.05) is 15.9 Å². The molecular weight excluding hydrogens is 351 g/mol. The van der Waals surface area contributed by atoms with Crippen molar-refractivity contribution in [2.75, 3.05) is 26.2 Å². The van der Waals surface area contributed by atoms with Crippen LogP contribution >= 0.6 is 28.3 Å². The number of carbonyl (C=O) groups is 1. The SMILES string of the molecule is C[C@H]1CNCCN1C(=O)COc1ccc(Br)cc1F.Cl. The third kappa shape index (κ3) is 4.33. The molecule has 1 aliphatic rings. The molecule has 1 saturated heterocycles. The van der Waals surface area contributed by atoms with E-state index < -0.39 is 5.82 Å². The highest BCUT2D eigenvalue weighted by Crippen LogP contribution is 2.21. The van der Waals surface area contributed by atoms with Crippen molar-refractivity contribution in [3.63, 3.8) is 0 Å². The molecule has 1 aromatic rings. The van der Waals surface area contributed by atoms with E-state index in [-0.39, 0.29) is 36.7 Å². The first-order valence-corrected chi connectivity index (χ1v) is 6.95. The molecule has 1 amide bonds. The lowest BCUT2D eigenvalue weighted by atomic mass is 10.2. The third-order valence-corrected chi connectivity index (χ3v) is 3.56. The topological polar surface area (TPSA) is 41.6 Å². The standard InChI is InChI=1S/C13H16BrFN2O2.ClH/c1-9-7-16-4-5-17(9)13(18)8-19-12-3-2-10(14)6-11(12)15;/h2-3,6,9,16H,4-5,7-8H2,1H3;1H/t9-;/m0./s1. The van der Waals surface area contributed by atoms with Crippen molar-refractivity contribution in [1.82, 2.24) is 10.2 Å². The maximum absolute atomic E-state index is 13.5. The number of ether oxygens (including phenoxy) is 1. The van der Waals surface area contributed by atoms with Crippen molar-refractivity contribution in [3.8, 4) is 5.75 Å². The first kappa shape index (κ1) is 17.2. The fraction of sp³-hybridized carbons (Fsp3) is 0.462. The minimum Gasteiger partial charge on any atom is -0.481 e. The third-order valence-electron chi connectivity index (χ3n) is 3.07. The predicted molar refractivity (Wildman–Crippen MR) is 80.9 cm³/mol. The van der Waals surface area contributed by atoms with Crippen LogP contribution < -0.4 is 10.1 Å². The van der Waals surface area contributed by atoms with Gasteiger partial charge >= 0.3 is 0 Å². The highest BCUT2D eigenvalue weighted by molar-refractivity contribution is 9.10. The van der Waals surface area contributed by atoms with Gasteiger partial charge in [-0.3, -0.25) is 4.79 Å². The maximum atomic E-state index is 13.5. The summed E-state index contributed by atoms with van der Waals surface area (Å²) in [5.74, 6) is -0.494. The van der Waals surface area contributed by atoms with Crippen LogP contribution in [0.3, 0.4) is 0 Å². The minimum atomic E-state index is -0.476. The quantitative estimate of drug-likeness (QED) is 0.890. The summed E-state index contributed by atoms with van der Waals surface area (Å²) < 4.78 is 19.4. The van der Waals surface area contributed by atoms with Gasteiger partial charge < -0.3 is 15.0 Å². The second-order valence-electron chi connectivity index (χ2n) is 4.50. The number of nitrogens with zero attached hydrogens (tertiary/aromatic N) is 1. The van der Waals surface area contributed by atoms with Crippen LogP contribution in [0.2, 0.25) is 0 Å². The van der Waals surface area contributed by atoms with Gasteiger partial charge in [0.2, 0.25) is 0 Å². The molecule has 1 aromatic carbocycles. The molecule has 7 heteroatoms. The number of amides is 1. The van der Waals surface area contributed by atoms with Crippen LogP contribution in [0.15, 0.2) is 22.7 Å². The maximum Gasteiger partial charge on any atom is 0.260 e. The highest BCUT2D eigenvalue weighted by atomic mass is 79.9. The Labute approximate surface area is 132 Å². The van der Waals surface area contributed by atoms with Crippen LogP contribution in [0.4, 0.5) is 4.39 Å². The molecule has 1 atom stereocenters. The Morgan fingerprint density at radius 1 is 1.60 bits per heavy atom. The zero-order valence-corrected chi connectivity index (χ0v) is 13.5. The average Bonchev–Trinajstić information content (AvgIpc) is 2.38. The van der Waals surface area contributed by atoms with Crippen molar-refractivity contribution >= 4 is 34.2 Å². The molecule has 1 N–H and O–H groups in total. The summed E-state index contributed by atoms with van der Waals surface area (Å²) in [6.45, 7) is 4.06. The number of nitrogens with one attached hydrogen (secondary N) is 1. The van der Waals surface area contributed by atoms with Crippen LogP contribution in [-0.4, -0.2) is 43.1 Å². The Kier molecular flexibility index (Phi) is 6.71. The fourth-order valence-corrected chi connectivity index (χ4v) is 2.36. The Hall–Kier alpha value is -0.850. The predicted octanol–water partition coefficient (Wildman–Crippen LogP) is 2.21. The number of hydrogen-bond acceptors (Lipinski definition) is 3. The van der Waals surface area contributed by atoms with Gasteiger partial charge in [0, 0.05) is 30.1 Å². The number of carbonyl (C=O) groups excluding carboxylic acids is 1. The molecule has 0 radical (unpaired) electrons. The van der Waals surface area contributed by atoms with E-state index in [1.54, 1.807) is 11.0 Å². The molecule has 0 aliphatic carbocycles. The van der Waals surface area contributed by atoms with Gasteiger partial charge in [0.05, 0.1) is 0 Å². The molecule has 20 heavy (non-hydrogen) atoms. The van der Waals surface area contributed by atoms with E-state index in [1.165, 1.54) is 12.1 Å². The van der Waals surface area contributed by atoms with Gasteiger partial charge in [0.15, 0.2) is 18.2 Å². The number of benzene rings is 1. The Morgan fingerprint density at radius 3 is 3.00 bits per heavy atom. The average molecular weight is 368 g/mol. The van der Waals surface area contributed by atoms with Crippen molar-refractivity contribution in [3.05, 3.63) is 28.5 Å². The number of hydrogen-bond donors (Lipinski definition) is 1. The lowest BCUT2D eigenvalue weighted by molar-refractivity contribution is -0.136. The van der Waals surface area contributed by atoms with E-state index >= 15 is 0 Å². The summed E-state index contributed by atoms with van der Waals surface area (Å²) in [4.78, 5) is 13.8. The molecule has 0 bridgehead atoms. The second-order valence-corrected chi connectivity index (χ2v) is 5.42.